The molecule has 0 bridgehead atoms. The molecule has 2 nitrogen and oxygen atoms in total. The largest absolute Gasteiger partial charge is 0.389 e. The number of benzene rings is 1. The molecule has 1 aromatic rings. The van der Waals surface area contributed by atoms with Gasteiger partial charge in [-0.15, -0.1) is 11.6 Å². The molecule has 0 aliphatic carbocycles. The van der Waals surface area contributed by atoms with Gasteiger partial charge in [0.05, 0.1) is 24.7 Å². The van der Waals surface area contributed by atoms with Gasteiger partial charge in [-0.05, 0) is 12.0 Å². The lowest BCUT2D eigenvalue weighted by molar-refractivity contribution is 0.0255. The van der Waals surface area contributed by atoms with Crippen molar-refractivity contribution in [1.82, 2.24) is 0 Å². The van der Waals surface area contributed by atoms with Crippen molar-refractivity contribution < 1.29 is 9.84 Å². The van der Waals surface area contributed by atoms with Gasteiger partial charge in [0.1, 0.15) is 0 Å². The predicted octanol–water partition coefficient (Wildman–Crippen LogP) is 2.97. The summed E-state index contributed by atoms with van der Waals surface area (Å²) in [7, 11) is 0. The number of halogens is 1. The van der Waals surface area contributed by atoms with E-state index in [1.165, 1.54) is 0 Å². The number of aliphatic hydroxyl groups is 1. The first-order valence-electron chi connectivity index (χ1n) is 5.67. The highest BCUT2D eigenvalue weighted by atomic mass is 35.5. The maximum Gasteiger partial charge on any atom is 0.0936 e. The van der Waals surface area contributed by atoms with Crippen LogP contribution < -0.4 is 0 Å². The van der Waals surface area contributed by atoms with Crippen molar-refractivity contribution in [2.75, 3.05) is 6.61 Å². The van der Waals surface area contributed by atoms with Crippen LogP contribution in [0.1, 0.15) is 25.3 Å². The number of hydrogen-bond donors (Lipinski definition) is 1. The Labute approximate surface area is 102 Å². The molecule has 0 aliphatic rings. The van der Waals surface area contributed by atoms with Crippen LogP contribution in [0.5, 0.6) is 0 Å². The summed E-state index contributed by atoms with van der Waals surface area (Å²) in [5.74, 6) is 0. The van der Waals surface area contributed by atoms with E-state index in [-0.39, 0.29) is 5.38 Å². The standard InChI is InChI=1S/C13H19ClO2/c1-2-6-12(14)13(15)10-16-9-11-7-4-3-5-8-11/h3-5,7-8,12-13,15H,2,6,9-10H2,1H3/t12-,13+/m0/s1. The minimum atomic E-state index is -0.578. The Morgan fingerprint density at radius 3 is 2.62 bits per heavy atom. The quantitative estimate of drug-likeness (QED) is 0.745. The first kappa shape index (κ1) is 13.5. The Kier molecular flexibility index (Phi) is 6.46. The normalized spacial score (nSPS) is 14.7. The molecule has 1 N–H and O–H groups in total. The van der Waals surface area contributed by atoms with Crippen molar-refractivity contribution in [1.29, 1.82) is 0 Å². The van der Waals surface area contributed by atoms with E-state index in [1.54, 1.807) is 0 Å². The highest BCUT2D eigenvalue weighted by Crippen LogP contribution is 2.11. The fraction of sp³-hybridized carbons (Fsp3) is 0.538. The smallest absolute Gasteiger partial charge is 0.0936 e. The molecule has 0 aliphatic heterocycles. The summed E-state index contributed by atoms with van der Waals surface area (Å²) in [6.07, 6.45) is 1.21. The van der Waals surface area contributed by atoms with Gasteiger partial charge in [0.2, 0.25) is 0 Å². The van der Waals surface area contributed by atoms with Gasteiger partial charge < -0.3 is 9.84 Å². The SMILES string of the molecule is CCC[C@H](Cl)[C@H](O)COCc1ccccc1. The summed E-state index contributed by atoms with van der Waals surface area (Å²) in [4.78, 5) is 0. The summed E-state index contributed by atoms with van der Waals surface area (Å²) in [6.45, 7) is 2.86. The average Bonchev–Trinajstić information content (AvgIpc) is 2.30. The number of aliphatic hydroxyl groups excluding tert-OH is 1. The Bertz CT molecular complexity index is 277. The second-order valence-electron chi connectivity index (χ2n) is 3.87. The third kappa shape index (κ3) is 4.97. The van der Waals surface area contributed by atoms with Crippen molar-refractivity contribution in [2.45, 2.75) is 37.9 Å². The molecule has 3 heteroatoms. The number of alkyl halides is 1. The third-order valence-corrected chi connectivity index (χ3v) is 2.89. The van der Waals surface area contributed by atoms with Crippen LogP contribution in [-0.4, -0.2) is 23.2 Å². The zero-order valence-corrected chi connectivity index (χ0v) is 10.4. The molecule has 0 fully saturated rings. The molecule has 0 saturated carbocycles. The molecular weight excluding hydrogens is 224 g/mol. The molecule has 0 radical (unpaired) electrons. The van der Waals surface area contributed by atoms with E-state index >= 15 is 0 Å². The van der Waals surface area contributed by atoms with Crippen LogP contribution in [0.4, 0.5) is 0 Å². The lowest BCUT2D eigenvalue weighted by atomic mass is 10.1. The lowest BCUT2D eigenvalue weighted by Crippen LogP contribution is -2.26. The number of ether oxygens (including phenoxy) is 1. The van der Waals surface area contributed by atoms with Crippen molar-refractivity contribution in [3.63, 3.8) is 0 Å². The van der Waals surface area contributed by atoms with E-state index in [4.69, 9.17) is 16.3 Å². The number of hydrogen-bond acceptors (Lipinski definition) is 2. The van der Waals surface area contributed by atoms with Crippen LogP contribution in [0.15, 0.2) is 30.3 Å². The fourth-order valence-corrected chi connectivity index (χ4v) is 1.74. The first-order valence-corrected chi connectivity index (χ1v) is 6.11. The van der Waals surface area contributed by atoms with E-state index in [0.717, 1.165) is 18.4 Å². The van der Waals surface area contributed by atoms with Crippen LogP contribution in [0.25, 0.3) is 0 Å². The zero-order valence-electron chi connectivity index (χ0n) is 9.60. The molecular formula is C13H19ClO2. The molecule has 90 valence electrons. The molecule has 0 saturated heterocycles. The Morgan fingerprint density at radius 2 is 2.00 bits per heavy atom. The average molecular weight is 243 g/mol. The highest BCUT2D eigenvalue weighted by Gasteiger charge is 2.15. The van der Waals surface area contributed by atoms with Crippen molar-refractivity contribution in [3.8, 4) is 0 Å². The molecule has 0 heterocycles. The zero-order chi connectivity index (χ0) is 11.8. The van der Waals surface area contributed by atoms with Crippen molar-refractivity contribution in [2.24, 2.45) is 0 Å². The van der Waals surface area contributed by atoms with Crippen LogP contribution in [0.3, 0.4) is 0 Å². The summed E-state index contributed by atoms with van der Waals surface area (Å²) in [5.41, 5.74) is 1.11. The lowest BCUT2D eigenvalue weighted by Gasteiger charge is -2.16. The molecule has 0 unspecified atom stereocenters. The maximum atomic E-state index is 9.67. The van der Waals surface area contributed by atoms with Crippen molar-refractivity contribution in [3.05, 3.63) is 35.9 Å². The van der Waals surface area contributed by atoms with Gasteiger partial charge in [-0.2, -0.15) is 0 Å². The minimum Gasteiger partial charge on any atom is -0.389 e. The Hall–Kier alpha value is -0.570. The van der Waals surface area contributed by atoms with Gasteiger partial charge in [-0.1, -0.05) is 43.7 Å². The first-order chi connectivity index (χ1) is 7.74. The Morgan fingerprint density at radius 1 is 1.31 bits per heavy atom. The summed E-state index contributed by atoms with van der Waals surface area (Å²) in [6, 6.07) is 9.90. The van der Waals surface area contributed by atoms with E-state index in [0.29, 0.717) is 13.2 Å². The van der Waals surface area contributed by atoms with Gasteiger partial charge in [-0.3, -0.25) is 0 Å². The maximum absolute atomic E-state index is 9.67. The molecule has 0 spiro atoms. The minimum absolute atomic E-state index is 0.208. The van der Waals surface area contributed by atoms with Gasteiger partial charge in [-0.25, -0.2) is 0 Å². The molecule has 0 aromatic heterocycles. The highest BCUT2D eigenvalue weighted by molar-refractivity contribution is 6.21. The van der Waals surface area contributed by atoms with E-state index in [9.17, 15) is 5.11 Å². The van der Waals surface area contributed by atoms with E-state index in [1.807, 2.05) is 37.3 Å². The van der Waals surface area contributed by atoms with Crippen molar-refractivity contribution >= 4 is 11.6 Å². The van der Waals surface area contributed by atoms with Gasteiger partial charge in [0, 0.05) is 0 Å². The number of rotatable bonds is 7. The summed E-state index contributed by atoms with van der Waals surface area (Å²) in [5, 5.41) is 9.46. The van der Waals surface area contributed by atoms with Gasteiger partial charge >= 0.3 is 0 Å². The monoisotopic (exact) mass is 242 g/mol. The van der Waals surface area contributed by atoms with Crippen LogP contribution >= 0.6 is 11.6 Å². The molecule has 1 aromatic carbocycles. The van der Waals surface area contributed by atoms with Gasteiger partial charge in [0.25, 0.3) is 0 Å². The second-order valence-corrected chi connectivity index (χ2v) is 4.43. The molecule has 1 rings (SSSR count). The second kappa shape index (κ2) is 7.66. The van der Waals surface area contributed by atoms with E-state index in [2.05, 4.69) is 0 Å². The van der Waals surface area contributed by atoms with Gasteiger partial charge in [0.15, 0.2) is 0 Å². The third-order valence-electron chi connectivity index (χ3n) is 2.38. The fourth-order valence-electron chi connectivity index (χ4n) is 1.44. The van der Waals surface area contributed by atoms with E-state index < -0.39 is 6.10 Å². The summed E-state index contributed by atoms with van der Waals surface area (Å²) >= 11 is 5.98. The predicted molar refractivity (Wildman–Crippen MR) is 66.7 cm³/mol. The molecule has 2 atom stereocenters. The summed E-state index contributed by atoms with van der Waals surface area (Å²) < 4.78 is 5.41. The van der Waals surface area contributed by atoms with Crippen LogP contribution in [0.2, 0.25) is 0 Å². The van der Waals surface area contributed by atoms with Crippen LogP contribution in [0, 0.1) is 0 Å². The Balaban J connectivity index is 2.20. The van der Waals surface area contributed by atoms with Crippen LogP contribution in [-0.2, 0) is 11.3 Å². The topological polar surface area (TPSA) is 29.5 Å². The molecule has 16 heavy (non-hydrogen) atoms. The molecule has 0 amide bonds.